The minimum absolute atomic E-state index is 0.504. The van der Waals surface area contributed by atoms with E-state index in [1.165, 1.54) is 0 Å². The molecule has 0 amide bonds. The van der Waals surface area contributed by atoms with Crippen molar-refractivity contribution in [3.05, 3.63) is 11.4 Å². The molecule has 2 rings (SSSR count). The van der Waals surface area contributed by atoms with Crippen molar-refractivity contribution in [2.75, 3.05) is 11.9 Å². The molecule has 1 heterocycles. The average molecular weight is 250 g/mol. The molecular formula is C13H22N4O. The van der Waals surface area contributed by atoms with Gasteiger partial charge in [-0.1, -0.05) is 6.92 Å². The van der Waals surface area contributed by atoms with E-state index in [9.17, 15) is 5.11 Å². The van der Waals surface area contributed by atoms with Gasteiger partial charge in [-0.05, 0) is 45.4 Å². The molecule has 0 aliphatic heterocycles. The Labute approximate surface area is 108 Å². The van der Waals surface area contributed by atoms with Crippen LogP contribution >= 0.6 is 0 Å². The maximum atomic E-state index is 10.4. The van der Waals surface area contributed by atoms with Gasteiger partial charge in [0, 0.05) is 6.54 Å². The van der Waals surface area contributed by atoms with E-state index < -0.39 is 5.60 Å². The van der Waals surface area contributed by atoms with Gasteiger partial charge in [0.1, 0.15) is 0 Å². The fraction of sp³-hybridized carbons (Fsp3) is 0.769. The first-order valence-corrected chi connectivity index (χ1v) is 6.63. The zero-order chi connectivity index (χ0) is 13.2. The van der Waals surface area contributed by atoms with Gasteiger partial charge in [0.15, 0.2) is 0 Å². The van der Waals surface area contributed by atoms with Crippen LogP contribution < -0.4 is 5.32 Å². The fourth-order valence-corrected chi connectivity index (χ4v) is 2.25. The fourth-order valence-electron chi connectivity index (χ4n) is 2.25. The summed E-state index contributed by atoms with van der Waals surface area (Å²) in [6.45, 7) is 6.54. The highest BCUT2D eigenvalue weighted by Crippen LogP contribution is 2.31. The SMILES string of the molecule is Cc1nnc(NCC2(O)CCC(C)CC2)nc1C. The molecule has 0 atom stereocenters. The first-order valence-electron chi connectivity index (χ1n) is 6.63. The van der Waals surface area contributed by atoms with Crippen molar-refractivity contribution in [3.63, 3.8) is 0 Å². The van der Waals surface area contributed by atoms with Crippen molar-refractivity contribution < 1.29 is 5.11 Å². The summed E-state index contributed by atoms with van der Waals surface area (Å²) < 4.78 is 0. The number of rotatable bonds is 3. The summed E-state index contributed by atoms with van der Waals surface area (Å²) in [5.74, 6) is 1.23. The molecule has 0 bridgehead atoms. The molecule has 1 aromatic heterocycles. The largest absolute Gasteiger partial charge is 0.388 e. The summed E-state index contributed by atoms with van der Waals surface area (Å²) in [4.78, 5) is 4.31. The van der Waals surface area contributed by atoms with E-state index in [1.807, 2.05) is 13.8 Å². The molecule has 5 heteroatoms. The second-order valence-corrected chi connectivity index (χ2v) is 5.57. The Balaban J connectivity index is 1.92. The molecule has 100 valence electrons. The van der Waals surface area contributed by atoms with Gasteiger partial charge in [-0.15, -0.1) is 5.10 Å². The van der Waals surface area contributed by atoms with Gasteiger partial charge in [0.25, 0.3) is 0 Å². The zero-order valence-electron chi connectivity index (χ0n) is 11.4. The molecule has 0 spiro atoms. The normalized spacial score (nSPS) is 28.1. The number of hydrogen-bond donors (Lipinski definition) is 2. The molecule has 1 aliphatic rings. The minimum atomic E-state index is -0.616. The summed E-state index contributed by atoms with van der Waals surface area (Å²) in [6.07, 6.45) is 3.87. The maximum absolute atomic E-state index is 10.4. The monoisotopic (exact) mass is 250 g/mol. The van der Waals surface area contributed by atoms with E-state index >= 15 is 0 Å². The van der Waals surface area contributed by atoms with Crippen molar-refractivity contribution in [2.24, 2.45) is 5.92 Å². The van der Waals surface area contributed by atoms with Crippen LogP contribution in [0.15, 0.2) is 0 Å². The Hall–Kier alpha value is -1.23. The van der Waals surface area contributed by atoms with E-state index in [4.69, 9.17) is 0 Å². The number of aliphatic hydroxyl groups is 1. The molecule has 1 aliphatic carbocycles. The standard InChI is InChI=1S/C13H22N4O/c1-9-4-6-13(18,7-5-9)8-14-12-15-10(2)11(3)16-17-12/h9,18H,4-8H2,1-3H3,(H,14,15,17). The predicted octanol–water partition coefficient (Wildman–Crippen LogP) is 1.84. The van der Waals surface area contributed by atoms with Gasteiger partial charge >= 0.3 is 0 Å². The lowest BCUT2D eigenvalue weighted by atomic mass is 9.79. The van der Waals surface area contributed by atoms with E-state index in [1.54, 1.807) is 0 Å². The number of anilines is 1. The molecule has 5 nitrogen and oxygen atoms in total. The Kier molecular flexibility index (Phi) is 3.80. The lowest BCUT2D eigenvalue weighted by molar-refractivity contribution is 0.00486. The summed E-state index contributed by atoms with van der Waals surface area (Å²) in [7, 11) is 0. The third-order valence-corrected chi connectivity index (χ3v) is 3.87. The van der Waals surface area contributed by atoms with Crippen LogP contribution in [-0.2, 0) is 0 Å². The van der Waals surface area contributed by atoms with Gasteiger partial charge in [0.2, 0.25) is 5.95 Å². The van der Waals surface area contributed by atoms with Crippen molar-refractivity contribution in [2.45, 2.75) is 52.1 Å². The lowest BCUT2D eigenvalue weighted by Gasteiger charge is -2.34. The second-order valence-electron chi connectivity index (χ2n) is 5.57. The molecule has 1 saturated carbocycles. The number of aryl methyl sites for hydroxylation is 2. The van der Waals surface area contributed by atoms with Gasteiger partial charge < -0.3 is 10.4 Å². The Morgan fingerprint density at radius 3 is 2.50 bits per heavy atom. The van der Waals surface area contributed by atoms with Crippen LogP contribution in [0.5, 0.6) is 0 Å². The van der Waals surface area contributed by atoms with Gasteiger partial charge in [-0.25, -0.2) is 4.98 Å². The van der Waals surface area contributed by atoms with Crippen molar-refractivity contribution in [1.82, 2.24) is 15.2 Å². The Morgan fingerprint density at radius 1 is 1.22 bits per heavy atom. The number of nitrogens with zero attached hydrogens (tertiary/aromatic N) is 3. The smallest absolute Gasteiger partial charge is 0.243 e. The van der Waals surface area contributed by atoms with E-state index in [-0.39, 0.29) is 0 Å². The van der Waals surface area contributed by atoms with Crippen LogP contribution in [0, 0.1) is 19.8 Å². The van der Waals surface area contributed by atoms with Crippen LogP contribution in [0.1, 0.15) is 44.0 Å². The van der Waals surface area contributed by atoms with Crippen LogP contribution in [0.4, 0.5) is 5.95 Å². The van der Waals surface area contributed by atoms with Crippen molar-refractivity contribution in [1.29, 1.82) is 0 Å². The molecule has 0 saturated heterocycles. The van der Waals surface area contributed by atoms with E-state index in [0.29, 0.717) is 12.5 Å². The molecule has 1 fully saturated rings. The quantitative estimate of drug-likeness (QED) is 0.856. The summed E-state index contributed by atoms with van der Waals surface area (Å²) in [5, 5.41) is 21.5. The summed E-state index contributed by atoms with van der Waals surface area (Å²) in [6, 6.07) is 0. The molecule has 0 unspecified atom stereocenters. The second kappa shape index (κ2) is 5.18. The maximum Gasteiger partial charge on any atom is 0.243 e. The molecular weight excluding hydrogens is 228 g/mol. The lowest BCUT2D eigenvalue weighted by Crippen LogP contribution is -2.40. The summed E-state index contributed by atoms with van der Waals surface area (Å²) >= 11 is 0. The van der Waals surface area contributed by atoms with Crippen LogP contribution in [0.3, 0.4) is 0 Å². The molecule has 0 radical (unpaired) electrons. The van der Waals surface area contributed by atoms with Gasteiger partial charge in [0.05, 0.1) is 17.0 Å². The third kappa shape index (κ3) is 3.16. The van der Waals surface area contributed by atoms with Crippen molar-refractivity contribution >= 4 is 5.95 Å². The molecule has 18 heavy (non-hydrogen) atoms. The zero-order valence-corrected chi connectivity index (χ0v) is 11.4. The molecule has 0 aromatic carbocycles. The minimum Gasteiger partial charge on any atom is -0.388 e. The van der Waals surface area contributed by atoms with Gasteiger partial charge in [-0.3, -0.25) is 0 Å². The van der Waals surface area contributed by atoms with E-state index in [2.05, 4.69) is 27.4 Å². The van der Waals surface area contributed by atoms with Crippen LogP contribution in [0.2, 0.25) is 0 Å². The van der Waals surface area contributed by atoms with E-state index in [0.717, 1.165) is 43.0 Å². The Bertz CT molecular complexity index is 413. The first kappa shape index (κ1) is 13.2. The predicted molar refractivity (Wildman–Crippen MR) is 70.4 cm³/mol. The number of hydrogen-bond acceptors (Lipinski definition) is 5. The first-order chi connectivity index (χ1) is 8.48. The highest BCUT2D eigenvalue weighted by Gasteiger charge is 2.31. The van der Waals surface area contributed by atoms with Crippen molar-refractivity contribution in [3.8, 4) is 0 Å². The number of nitrogens with one attached hydrogen (secondary N) is 1. The van der Waals surface area contributed by atoms with Crippen LogP contribution in [-0.4, -0.2) is 32.4 Å². The van der Waals surface area contributed by atoms with Crippen LogP contribution in [0.25, 0.3) is 0 Å². The summed E-state index contributed by atoms with van der Waals surface area (Å²) in [5.41, 5.74) is 1.09. The third-order valence-electron chi connectivity index (χ3n) is 3.87. The topological polar surface area (TPSA) is 70.9 Å². The highest BCUT2D eigenvalue weighted by molar-refractivity contribution is 5.25. The Morgan fingerprint density at radius 2 is 1.89 bits per heavy atom. The highest BCUT2D eigenvalue weighted by atomic mass is 16.3. The molecule has 1 aromatic rings. The average Bonchev–Trinajstić information content (AvgIpc) is 2.35. The van der Waals surface area contributed by atoms with Gasteiger partial charge in [-0.2, -0.15) is 5.10 Å². The number of aromatic nitrogens is 3. The molecule has 2 N–H and O–H groups in total.